The SMILES string of the molecule is COc1c2c(cc3oc(Cc4ccc(Cl)cc4)c(O)c13)OC1Oc3c(c4ccccc4c4ccccc34)OC21. The number of hydrogen-bond donors (Lipinski definition) is 1. The summed E-state index contributed by atoms with van der Waals surface area (Å²) in [6.07, 6.45) is -0.941. The molecule has 2 aliphatic rings. The average Bonchev–Trinajstić information content (AvgIpc) is 3.48. The van der Waals surface area contributed by atoms with Crippen LogP contribution in [-0.4, -0.2) is 18.5 Å². The van der Waals surface area contributed by atoms with Crippen LogP contribution < -0.4 is 18.9 Å². The van der Waals surface area contributed by atoms with Gasteiger partial charge in [-0.3, -0.25) is 0 Å². The number of fused-ring (bicyclic) bond motifs is 10. The zero-order chi connectivity index (χ0) is 26.2. The molecule has 8 rings (SSSR count). The molecule has 6 nitrogen and oxygen atoms in total. The third-order valence-electron chi connectivity index (χ3n) is 7.56. The largest absolute Gasteiger partial charge is 0.504 e. The number of rotatable bonds is 3. The second-order valence-corrected chi connectivity index (χ2v) is 10.2. The summed E-state index contributed by atoms with van der Waals surface area (Å²) in [4.78, 5) is 0. The minimum atomic E-state index is -0.729. The molecule has 0 amide bonds. The molecule has 2 unspecified atom stereocenters. The van der Waals surface area contributed by atoms with Gasteiger partial charge >= 0.3 is 0 Å². The van der Waals surface area contributed by atoms with Crippen LogP contribution in [-0.2, 0) is 6.42 Å². The zero-order valence-electron chi connectivity index (χ0n) is 20.7. The summed E-state index contributed by atoms with van der Waals surface area (Å²) in [5.41, 5.74) is 2.09. The van der Waals surface area contributed by atoms with Gasteiger partial charge in [0.15, 0.2) is 23.0 Å². The number of ether oxygens (including phenoxy) is 4. The van der Waals surface area contributed by atoms with Gasteiger partial charge in [-0.2, -0.15) is 0 Å². The van der Waals surface area contributed by atoms with Crippen molar-refractivity contribution < 1.29 is 28.5 Å². The fourth-order valence-electron chi connectivity index (χ4n) is 5.82. The van der Waals surface area contributed by atoms with Crippen molar-refractivity contribution in [1.82, 2.24) is 0 Å². The Morgan fingerprint density at radius 2 is 1.46 bits per heavy atom. The highest BCUT2D eigenvalue weighted by molar-refractivity contribution is 6.30. The Hall–Kier alpha value is -4.55. The van der Waals surface area contributed by atoms with E-state index < -0.39 is 12.4 Å². The molecule has 0 spiro atoms. The first-order chi connectivity index (χ1) is 19.1. The third kappa shape index (κ3) is 3.21. The van der Waals surface area contributed by atoms with Gasteiger partial charge in [-0.1, -0.05) is 72.3 Å². The molecule has 5 aromatic carbocycles. The van der Waals surface area contributed by atoms with E-state index in [4.69, 9.17) is 35.0 Å². The molecule has 3 heterocycles. The van der Waals surface area contributed by atoms with Crippen LogP contribution in [0.4, 0.5) is 0 Å². The maximum atomic E-state index is 11.2. The van der Waals surface area contributed by atoms with E-state index in [1.807, 2.05) is 60.7 Å². The van der Waals surface area contributed by atoms with Gasteiger partial charge in [0, 0.05) is 28.3 Å². The number of methoxy groups -OCH3 is 1. The van der Waals surface area contributed by atoms with Gasteiger partial charge in [0.05, 0.1) is 12.7 Å². The topological polar surface area (TPSA) is 70.3 Å². The summed E-state index contributed by atoms with van der Waals surface area (Å²) >= 11 is 6.03. The average molecular weight is 537 g/mol. The molecule has 0 saturated heterocycles. The Kier molecular flexibility index (Phi) is 4.73. The lowest BCUT2D eigenvalue weighted by Crippen LogP contribution is -2.33. The first-order valence-corrected chi connectivity index (χ1v) is 13.0. The summed E-state index contributed by atoms with van der Waals surface area (Å²) in [6.45, 7) is 0. The second kappa shape index (κ2) is 8.22. The van der Waals surface area contributed by atoms with E-state index in [1.165, 1.54) is 0 Å². The number of benzene rings is 5. The Morgan fingerprint density at radius 3 is 2.13 bits per heavy atom. The molecular formula is C32H21ClO6. The Labute approximate surface area is 227 Å². The first kappa shape index (κ1) is 22.4. The summed E-state index contributed by atoms with van der Waals surface area (Å²) in [5.74, 6) is 2.72. The van der Waals surface area contributed by atoms with E-state index in [9.17, 15) is 5.11 Å². The van der Waals surface area contributed by atoms with Gasteiger partial charge in [0.25, 0.3) is 6.29 Å². The third-order valence-corrected chi connectivity index (χ3v) is 7.81. The summed E-state index contributed by atoms with van der Waals surface area (Å²) in [7, 11) is 1.56. The van der Waals surface area contributed by atoms with E-state index in [2.05, 4.69) is 12.1 Å². The maximum Gasteiger partial charge on any atom is 0.282 e. The molecule has 0 aliphatic carbocycles. The van der Waals surface area contributed by atoms with Crippen LogP contribution in [0.5, 0.6) is 28.7 Å². The quantitative estimate of drug-likeness (QED) is 0.232. The van der Waals surface area contributed by atoms with E-state index >= 15 is 0 Å². The minimum absolute atomic E-state index is 0.0246. The molecule has 2 atom stereocenters. The van der Waals surface area contributed by atoms with Gasteiger partial charge in [-0.05, 0) is 28.5 Å². The van der Waals surface area contributed by atoms with Gasteiger partial charge in [-0.15, -0.1) is 0 Å². The van der Waals surface area contributed by atoms with Crippen molar-refractivity contribution in [1.29, 1.82) is 0 Å². The van der Waals surface area contributed by atoms with Crippen LogP contribution in [0.3, 0.4) is 0 Å². The van der Waals surface area contributed by atoms with Crippen molar-refractivity contribution in [3.63, 3.8) is 0 Å². The lowest BCUT2D eigenvalue weighted by atomic mass is 9.98. The van der Waals surface area contributed by atoms with Gasteiger partial charge in [-0.25, -0.2) is 0 Å². The predicted molar refractivity (Wildman–Crippen MR) is 149 cm³/mol. The number of aromatic hydroxyl groups is 1. The molecule has 192 valence electrons. The van der Waals surface area contributed by atoms with Gasteiger partial charge in [0.2, 0.25) is 6.10 Å². The van der Waals surface area contributed by atoms with E-state index in [-0.39, 0.29) is 5.75 Å². The minimum Gasteiger partial charge on any atom is -0.504 e. The molecule has 0 saturated carbocycles. The predicted octanol–water partition coefficient (Wildman–Crippen LogP) is 7.93. The molecule has 0 radical (unpaired) electrons. The van der Waals surface area contributed by atoms with Crippen LogP contribution in [0.1, 0.15) is 23.0 Å². The van der Waals surface area contributed by atoms with Crippen molar-refractivity contribution >= 4 is 44.1 Å². The monoisotopic (exact) mass is 536 g/mol. The van der Waals surface area contributed by atoms with Gasteiger partial charge in [0.1, 0.15) is 22.5 Å². The standard InChI is InChI=1S/C32H21ClO6/c1-35-30-25-22(36-24(27(25)34)14-16-10-12-17(33)13-11-16)15-23-26(30)31-32(37-23)39-29-21-9-5-3-7-19(21)18-6-2-4-8-20(18)28(29)38-31/h2-13,15,31-32,34H,14H2,1H3. The summed E-state index contributed by atoms with van der Waals surface area (Å²) in [6, 6.07) is 25.4. The van der Waals surface area contributed by atoms with E-state index in [0.717, 1.165) is 27.1 Å². The molecule has 1 N–H and O–H groups in total. The maximum absolute atomic E-state index is 11.2. The lowest BCUT2D eigenvalue weighted by molar-refractivity contribution is -0.0740. The van der Waals surface area contributed by atoms with Crippen molar-refractivity contribution in [3.05, 3.63) is 101 Å². The molecule has 1 aromatic heterocycles. The fraction of sp³-hybridized carbons (Fsp3) is 0.125. The first-order valence-electron chi connectivity index (χ1n) is 12.6. The fourth-order valence-corrected chi connectivity index (χ4v) is 5.94. The van der Waals surface area contributed by atoms with Crippen molar-refractivity contribution in [2.75, 3.05) is 7.11 Å². The normalized spacial score (nSPS) is 17.3. The Balaban J connectivity index is 1.27. The van der Waals surface area contributed by atoms with Crippen LogP contribution >= 0.6 is 11.6 Å². The van der Waals surface area contributed by atoms with E-state index in [0.29, 0.717) is 56.7 Å². The van der Waals surface area contributed by atoms with Crippen LogP contribution in [0.2, 0.25) is 5.02 Å². The summed E-state index contributed by atoms with van der Waals surface area (Å²) < 4.78 is 31.4. The van der Waals surface area contributed by atoms with Crippen molar-refractivity contribution in [2.24, 2.45) is 0 Å². The molecule has 7 heteroatoms. The lowest BCUT2D eigenvalue weighted by Gasteiger charge is -2.30. The zero-order valence-corrected chi connectivity index (χ0v) is 21.5. The Morgan fingerprint density at radius 1 is 0.821 bits per heavy atom. The molecular weight excluding hydrogens is 516 g/mol. The Bertz CT molecular complexity index is 1940. The number of furan rings is 1. The molecule has 0 bridgehead atoms. The van der Waals surface area contributed by atoms with Crippen LogP contribution in [0, 0.1) is 0 Å². The highest BCUT2D eigenvalue weighted by Crippen LogP contribution is 2.57. The van der Waals surface area contributed by atoms with Crippen molar-refractivity contribution in [2.45, 2.75) is 18.8 Å². The van der Waals surface area contributed by atoms with E-state index in [1.54, 1.807) is 13.2 Å². The number of hydrogen-bond acceptors (Lipinski definition) is 6. The number of halogens is 1. The highest BCUT2D eigenvalue weighted by Gasteiger charge is 2.46. The molecule has 2 aliphatic heterocycles. The van der Waals surface area contributed by atoms with Gasteiger partial charge < -0.3 is 28.5 Å². The smallest absolute Gasteiger partial charge is 0.282 e. The van der Waals surface area contributed by atoms with Crippen LogP contribution in [0.15, 0.2) is 83.3 Å². The highest BCUT2D eigenvalue weighted by atomic mass is 35.5. The molecule has 39 heavy (non-hydrogen) atoms. The van der Waals surface area contributed by atoms with Crippen LogP contribution in [0.25, 0.3) is 32.5 Å². The van der Waals surface area contributed by atoms with Crippen molar-refractivity contribution in [3.8, 4) is 28.7 Å². The molecule has 0 fully saturated rings. The molecule has 6 aromatic rings. The second-order valence-electron chi connectivity index (χ2n) is 9.76. The summed E-state index contributed by atoms with van der Waals surface area (Å²) in [5, 5.41) is 16.4.